The molecule has 0 aliphatic carbocycles. The number of aliphatic imine (C=N–C) groups is 2. The normalized spacial score (nSPS) is 14.8. The van der Waals surface area contributed by atoms with Gasteiger partial charge in [0.1, 0.15) is 5.75 Å². The van der Waals surface area contributed by atoms with Crippen molar-refractivity contribution in [3.05, 3.63) is 48.4 Å². The smallest absolute Gasteiger partial charge is 0.313 e. The number of thioether (sulfide) groups is 1. The highest BCUT2D eigenvalue weighted by molar-refractivity contribution is 8.14. The zero-order valence-electron chi connectivity index (χ0n) is 15.8. The van der Waals surface area contributed by atoms with Gasteiger partial charge in [-0.25, -0.2) is 4.99 Å². The highest BCUT2D eigenvalue weighted by Gasteiger charge is 2.26. The summed E-state index contributed by atoms with van der Waals surface area (Å²) in [6.07, 6.45) is 1.30. The van der Waals surface area contributed by atoms with Crippen LogP contribution in [0.5, 0.6) is 5.75 Å². The quantitative estimate of drug-likeness (QED) is 0.643. The van der Waals surface area contributed by atoms with Crippen LogP contribution in [0.1, 0.15) is 17.5 Å². The van der Waals surface area contributed by atoms with E-state index in [0.29, 0.717) is 18.0 Å². The second kappa shape index (κ2) is 9.65. The van der Waals surface area contributed by atoms with Crippen molar-refractivity contribution >= 4 is 51.9 Å². The van der Waals surface area contributed by atoms with Gasteiger partial charge >= 0.3 is 5.91 Å². The number of hydrogen-bond acceptors (Lipinski definition) is 7. The Morgan fingerprint density at radius 1 is 1.30 bits per heavy atom. The van der Waals surface area contributed by atoms with Crippen molar-refractivity contribution in [3.63, 3.8) is 0 Å². The van der Waals surface area contributed by atoms with Gasteiger partial charge in [-0.3, -0.25) is 25.1 Å². The van der Waals surface area contributed by atoms with Gasteiger partial charge < -0.3 is 14.5 Å². The second-order valence-corrected chi connectivity index (χ2v) is 6.69. The summed E-state index contributed by atoms with van der Waals surface area (Å²) in [4.78, 5) is 43.8. The summed E-state index contributed by atoms with van der Waals surface area (Å²) in [7, 11) is 0. The summed E-state index contributed by atoms with van der Waals surface area (Å²) in [5, 5.41) is 13.1. The monoisotopic (exact) mass is 427 g/mol. The second-order valence-electron chi connectivity index (χ2n) is 5.73. The van der Waals surface area contributed by atoms with Crippen molar-refractivity contribution < 1.29 is 23.5 Å². The van der Waals surface area contributed by atoms with Crippen LogP contribution in [0.2, 0.25) is 0 Å². The number of benzene rings is 1. The molecule has 0 bridgehead atoms. The van der Waals surface area contributed by atoms with E-state index in [1.807, 2.05) is 6.92 Å². The Kier molecular flexibility index (Phi) is 6.75. The fraction of sp³-hybridized carbons (Fsp3) is 0.158. The van der Waals surface area contributed by atoms with E-state index in [1.165, 1.54) is 18.4 Å². The molecule has 154 valence electrons. The summed E-state index contributed by atoms with van der Waals surface area (Å²) in [5.74, 6) is -1.97. The lowest BCUT2D eigenvalue weighted by Crippen LogP contribution is -2.43. The number of ether oxygens (including phenoxy) is 1. The van der Waals surface area contributed by atoms with Gasteiger partial charge in [0, 0.05) is 0 Å². The number of nitrogens with zero attached hydrogens (tertiary/aromatic N) is 2. The van der Waals surface area contributed by atoms with E-state index in [9.17, 15) is 14.4 Å². The third kappa shape index (κ3) is 5.20. The average Bonchev–Trinajstić information content (AvgIpc) is 3.26. The maximum absolute atomic E-state index is 12.2. The van der Waals surface area contributed by atoms with Gasteiger partial charge in [-0.2, -0.15) is 4.99 Å². The van der Waals surface area contributed by atoms with E-state index in [-0.39, 0.29) is 22.6 Å². The van der Waals surface area contributed by atoms with Crippen LogP contribution in [-0.4, -0.2) is 46.8 Å². The first-order valence-electron chi connectivity index (χ1n) is 8.78. The highest BCUT2D eigenvalue weighted by atomic mass is 32.2. The summed E-state index contributed by atoms with van der Waals surface area (Å²) in [6, 6.07) is 9.91. The van der Waals surface area contributed by atoms with Crippen LogP contribution in [-0.2, 0) is 9.59 Å². The minimum atomic E-state index is -0.798. The average molecular weight is 427 g/mol. The molecule has 0 spiro atoms. The molecule has 0 atom stereocenters. The summed E-state index contributed by atoms with van der Waals surface area (Å²) >= 11 is 0.936. The van der Waals surface area contributed by atoms with Gasteiger partial charge in [0.15, 0.2) is 22.5 Å². The number of rotatable bonds is 6. The Labute approximate surface area is 175 Å². The molecule has 1 aromatic carbocycles. The molecule has 0 saturated carbocycles. The molecule has 0 fully saturated rings. The van der Waals surface area contributed by atoms with Gasteiger partial charge in [0.25, 0.3) is 5.91 Å². The minimum Gasteiger partial charge on any atom is -0.492 e. The lowest BCUT2D eigenvalue weighted by Gasteiger charge is -2.15. The molecule has 3 rings (SSSR count). The fourth-order valence-corrected chi connectivity index (χ4v) is 3.01. The molecule has 1 aliphatic rings. The van der Waals surface area contributed by atoms with Crippen LogP contribution in [0.3, 0.4) is 0 Å². The molecule has 0 saturated heterocycles. The molecule has 0 unspecified atom stereocenters. The van der Waals surface area contributed by atoms with Crippen LogP contribution in [0.4, 0.5) is 5.69 Å². The summed E-state index contributed by atoms with van der Waals surface area (Å²) in [6.45, 7) is 2.30. The SMILES string of the molecule is CCOc1ccccc1NC(=O)CSC1=NC(=N)C(=NC(=O)c2ccco2)C(=O)N1. The Balaban J connectivity index is 1.60. The number of nitrogens with one attached hydrogen (secondary N) is 3. The lowest BCUT2D eigenvalue weighted by atomic mass is 10.3. The number of amidine groups is 2. The van der Waals surface area contributed by atoms with Crippen molar-refractivity contribution in [2.24, 2.45) is 9.98 Å². The number of amides is 3. The van der Waals surface area contributed by atoms with E-state index >= 15 is 0 Å². The van der Waals surface area contributed by atoms with E-state index in [2.05, 4.69) is 20.6 Å². The van der Waals surface area contributed by atoms with Crippen molar-refractivity contribution in [1.29, 1.82) is 5.41 Å². The van der Waals surface area contributed by atoms with Crippen LogP contribution in [0.15, 0.2) is 57.1 Å². The molecule has 2 heterocycles. The molecule has 10 nitrogen and oxygen atoms in total. The van der Waals surface area contributed by atoms with Crippen LogP contribution < -0.4 is 15.4 Å². The first-order chi connectivity index (χ1) is 14.5. The maximum atomic E-state index is 12.2. The number of carbonyl (C=O) groups is 3. The summed E-state index contributed by atoms with van der Waals surface area (Å²) < 4.78 is 10.4. The van der Waals surface area contributed by atoms with Gasteiger partial charge in [0.05, 0.1) is 24.3 Å². The first-order valence-corrected chi connectivity index (χ1v) is 9.76. The number of furan rings is 1. The van der Waals surface area contributed by atoms with Crippen molar-refractivity contribution in [3.8, 4) is 5.75 Å². The number of anilines is 1. The molecular weight excluding hydrogens is 410 g/mol. The zero-order chi connectivity index (χ0) is 21.5. The Hall–Kier alpha value is -3.73. The Morgan fingerprint density at radius 2 is 2.10 bits per heavy atom. The van der Waals surface area contributed by atoms with Gasteiger partial charge in [-0.1, -0.05) is 23.9 Å². The topological polar surface area (TPSA) is 146 Å². The lowest BCUT2D eigenvalue weighted by molar-refractivity contribution is -0.114. The van der Waals surface area contributed by atoms with Crippen LogP contribution in [0, 0.1) is 5.41 Å². The number of hydrogen-bond donors (Lipinski definition) is 3. The third-order valence-electron chi connectivity index (χ3n) is 3.62. The van der Waals surface area contributed by atoms with Crippen molar-refractivity contribution in [2.45, 2.75) is 6.92 Å². The molecular formula is C19H17N5O5S. The van der Waals surface area contributed by atoms with Gasteiger partial charge in [-0.15, -0.1) is 0 Å². The van der Waals surface area contributed by atoms with Crippen LogP contribution in [0.25, 0.3) is 0 Å². The predicted molar refractivity (Wildman–Crippen MR) is 112 cm³/mol. The summed E-state index contributed by atoms with van der Waals surface area (Å²) in [5.41, 5.74) is 0.0917. The standard InChI is InChI=1S/C19H17N5O5S/c1-2-28-12-7-4-3-6-11(12)21-14(25)10-30-19-23-16(20)15(18(27)24-19)22-17(26)13-8-5-9-29-13/h3-9H,2,10H2,1H3,(H,21,25)(H2,20,23,24,27). The number of carbonyl (C=O) groups excluding carboxylic acids is 3. The molecule has 3 amide bonds. The highest BCUT2D eigenvalue weighted by Crippen LogP contribution is 2.23. The fourth-order valence-electron chi connectivity index (χ4n) is 2.35. The van der Waals surface area contributed by atoms with E-state index in [0.717, 1.165) is 11.8 Å². The minimum absolute atomic E-state index is 0.0580. The Bertz CT molecular complexity index is 1050. The number of para-hydroxylation sites is 2. The molecule has 2 aromatic rings. The van der Waals surface area contributed by atoms with Gasteiger partial charge in [-0.05, 0) is 31.2 Å². The third-order valence-corrected chi connectivity index (χ3v) is 4.49. The molecule has 30 heavy (non-hydrogen) atoms. The van der Waals surface area contributed by atoms with Gasteiger partial charge in [0.2, 0.25) is 5.91 Å². The molecule has 1 aliphatic heterocycles. The molecule has 3 N–H and O–H groups in total. The maximum Gasteiger partial charge on any atom is 0.313 e. The van der Waals surface area contributed by atoms with Crippen molar-refractivity contribution in [2.75, 3.05) is 17.7 Å². The molecule has 11 heteroatoms. The largest absolute Gasteiger partial charge is 0.492 e. The Morgan fingerprint density at radius 3 is 2.80 bits per heavy atom. The predicted octanol–water partition coefficient (Wildman–Crippen LogP) is 2.09. The first kappa shape index (κ1) is 21.0. The van der Waals surface area contributed by atoms with Crippen molar-refractivity contribution in [1.82, 2.24) is 5.32 Å². The van der Waals surface area contributed by atoms with E-state index in [4.69, 9.17) is 14.6 Å². The molecule has 0 radical (unpaired) electrons. The van der Waals surface area contributed by atoms with E-state index < -0.39 is 23.4 Å². The zero-order valence-corrected chi connectivity index (χ0v) is 16.6. The van der Waals surface area contributed by atoms with E-state index in [1.54, 1.807) is 24.3 Å². The molecule has 1 aromatic heterocycles. The van der Waals surface area contributed by atoms with Crippen LogP contribution >= 0.6 is 11.8 Å².